The zero-order valence-electron chi connectivity index (χ0n) is 29.1. The Morgan fingerprint density at radius 3 is 1.47 bits per heavy atom. The molecule has 0 aromatic heterocycles. The van der Waals surface area contributed by atoms with Gasteiger partial charge < -0.3 is 28.4 Å². The average molecular weight is 705 g/mol. The Bertz CT molecular complexity index is 1600. The molecule has 2 unspecified atom stereocenters. The highest BCUT2D eigenvalue weighted by atomic mass is 19.1. The van der Waals surface area contributed by atoms with E-state index in [4.69, 9.17) is 28.4 Å². The molecule has 0 fully saturated rings. The second-order valence-corrected chi connectivity index (χ2v) is 11.5. The van der Waals surface area contributed by atoms with E-state index in [2.05, 4.69) is 13.2 Å². The summed E-state index contributed by atoms with van der Waals surface area (Å²) in [6.45, 7) is 11.7. The molecule has 11 heteroatoms. The van der Waals surface area contributed by atoms with Crippen molar-refractivity contribution >= 4 is 23.9 Å². The maximum Gasteiger partial charge on any atom is 0.343 e. The van der Waals surface area contributed by atoms with Crippen molar-refractivity contribution in [1.29, 1.82) is 0 Å². The van der Waals surface area contributed by atoms with Gasteiger partial charge in [-0.3, -0.25) is 0 Å². The van der Waals surface area contributed by atoms with Crippen LogP contribution in [0.1, 0.15) is 85.9 Å². The van der Waals surface area contributed by atoms with Crippen LogP contribution in [0.25, 0.3) is 0 Å². The fourth-order valence-electron chi connectivity index (χ4n) is 4.92. The van der Waals surface area contributed by atoms with E-state index in [0.29, 0.717) is 50.4 Å². The van der Waals surface area contributed by atoms with Crippen LogP contribution in [0.4, 0.5) is 4.39 Å². The zero-order valence-corrected chi connectivity index (χ0v) is 29.1. The number of benzene rings is 3. The Morgan fingerprint density at radius 1 is 0.627 bits per heavy atom. The predicted molar refractivity (Wildman–Crippen MR) is 189 cm³/mol. The van der Waals surface area contributed by atoms with E-state index in [0.717, 1.165) is 43.9 Å². The molecule has 0 N–H and O–H groups in total. The molecule has 0 spiro atoms. The summed E-state index contributed by atoms with van der Waals surface area (Å²) in [5, 5.41) is 0. The smallest absolute Gasteiger partial charge is 0.343 e. The van der Waals surface area contributed by atoms with Crippen LogP contribution in [0, 0.1) is 5.82 Å². The van der Waals surface area contributed by atoms with E-state index in [1.165, 1.54) is 36.4 Å². The lowest BCUT2D eigenvalue weighted by Gasteiger charge is -2.16. The quantitative estimate of drug-likeness (QED) is 0.0436. The highest BCUT2D eigenvalue weighted by Crippen LogP contribution is 2.25. The minimum Gasteiger partial charge on any atom is -0.494 e. The van der Waals surface area contributed by atoms with E-state index < -0.39 is 29.7 Å². The van der Waals surface area contributed by atoms with Crippen molar-refractivity contribution in [2.24, 2.45) is 0 Å². The third kappa shape index (κ3) is 14.1. The minimum absolute atomic E-state index is 0.0715. The summed E-state index contributed by atoms with van der Waals surface area (Å²) in [5.74, 6) is -2.61. The van der Waals surface area contributed by atoms with Crippen LogP contribution in [0.2, 0.25) is 0 Å². The number of ether oxygens (including phenoxy) is 6. The summed E-state index contributed by atoms with van der Waals surface area (Å²) in [6.07, 6.45) is 7.77. The van der Waals surface area contributed by atoms with Crippen LogP contribution >= 0.6 is 0 Å². The second kappa shape index (κ2) is 21.6. The maximum atomic E-state index is 14.8. The first-order chi connectivity index (χ1) is 24.6. The van der Waals surface area contributed by atoms with Crippen LogP contribution in [0.15, 0.2) is 92.0 Å². The number of halogens is 1. The summed E-state index contributed by atoms with van der Waals surface area (Å²) < 4.78 is 47.5. The third-order valence-corrected chi connectivity index (χ3v) is 7.50. The number of rotatable bonds is 22. The molecule has 0 amide bonds. The van der Waals surface area contributed by atoms with Crippen LogP contribution < -0.4 is 18.9 Å². The lowest BCUT2D eigenvalue weighted by atomic mass is 10.1. The molecule has 3 rings (SSSR count). The van der Waals surface area contributed by atoms with E-state index >= 15 is 0 Å². The zero-order chi connectivity index (χ0) is 37.0. The SMILES string of the molecule is C=CC(=O)OC(CCC)CCCOc1ccc(C(=O)Oc2ccc(OC(=O)c3ccc(OCCCC(CCC)OC(=O)C=C)cc3)c(F)c2)cc1. The van der Waals surface area contributed by atoms with Gasteiger partial charge in [0.25, 0.3) is 0 Å². The van der Waals surface area contributed by atoms with Gasteiger partial charge in [-0.15, -0.1) is 0 Å². The summed E-state index contributed by atoms with van der Waals surface area (Å²) in [6, 6.07) is 16.0. The first-order valence-corrected chi connectivity index (χ1v) is 17.0. The molecule has 0 saturated heterocycles. The highest BCUT2D eigenvalue weighted by Gasteiger charge is 2.17. The average Bonchev–Trinajstić information content (AvgIpc) is 3.13. The van der Waals surface area contributed by atoms with E-state index in [-0.39, 0.29) is 34.8 Å². The number of carbonyl (C=O) groups is 4. The van der Waals surface area contributed by atoms with E-state index in [1.807, 2.05) is 13.8 Å². The monoisotopic (exact) mass is 704 g/mol. The van der Waals surface area contributed by atoms with E-state index in [9.17, 15) is 23.6 Å². The van der Waals surface area contributed by atoms with Gasteiger partial charge in [0, 0.05) is 18.2 Å². The third-order valence-electron chi connectivity index (χ3n) is 7.50. The molecule has 0 aliphatic rings. The molecule has 3 aromatic carbocycles. The lowest BCUT2D eigenvalue weighted by Crippen LogP contribution is -2.17. The van der Waals surface area contributed by atoms with Gasteiger partial charge in [-0.05, 0) is 99.2 Å². The molecule has 0 radical (unpaired) electrons. The topological polar surface area (TPSA) is 124 Å². The summed E-state index contributed by atoms with van der Waals surface area (Å²) in [7, 11) is 0. The number of hydrogen-bond acceptors (Lipinski definition) is 10. The van der Waals surface area contributed by atoms with Crippen molar-refractivity contribution in [1.82, 2.24) is 0 Å². The van der Waals surface area contributed by atoms with Gasteiger partial charge in [0.2, 0.25) is 0 Å². The fraction of sp³-hybridized carbons (Fsp3) is 0.350. The van der Waals surface area contributed by atoms with Crippen molar-refractivity contribution in [2.45, 2.75) is 77.4 Å². The molecule has 0 aliphatic heterocycles. The number of esters is 4. The van der Waals surface area contributed by atoms with Gasteiger partial charge in [-0.25, -0.2) is 23.6 Å². The molecule has 272 valence electrons. The number of hydrogen-bond donors (Lipinski definition) is 0. The van der Waals surface area contributed by atoms with Crippen molar-refractivity contribution in [3.8, 4) is 23.0 Å². The Hall–Kier alpha value is -5.45. The van der Waals surface area contributed by atoms with E-state index in [1.54, 1.807) is 24.3 Å². The minimum atomic E-state index is -0.891. The summed E-state index contributed by atoms with van der Waals surface area (Å²) in [5.41, 5.74) is 0.401. The molecular formula is C40H45FO10. The maximum absolute atomic E-state index is 14.8. The fourth-order valence-corrected chi connectivity index (χ4v) is 4.92. The first-order valence-electron chi connectivity index (χ1n) is 17.0. The van der Waals surface area contributed by atoms with Crippen molar-refractivity contribution in [3.63, 3.8) is 0 Å². The van der Waals surface area contributed by atoms with Gasteiger partial charge in [-0.2, -0.15) is 0 Å². The normalized spacial score (nSPS) is 11.7. The molecule has 2 atom stereocenters. The molecule has 0 heterocycles. The molecule has 0 saturated carbocycles. The van der Waals surface area contributed by atoms with Crippen LogP contribution in [-0.4, -0.2) is 49.3 Å². The van der Waals surface area contributed by atoms with Crippen molar-refractivity contribution in [2.75, 3.05) is 13.2 Å². The largest absolute Gasteiger partial charge is 0.494 e. The lowest BCUT2D eigenvalue weighted by molar-refractivity contribution is -0.144. The Labute approximate surface area is 298 Å². The Balaban J connectivity index is 1.44. The van der Waals surface area contributed by atoms with Gasteiger partial charge in [0.1, 0.15) is 29.5 Å². The predicted octanol–water partition coefficient (Wildman–Crippen LogP) is 8.38. The standard InChI is InChI=1S/C40H45FO10/c1-5-11-32(48-37(42)7-3)13-9-25-46-30-19-15-28(16-20-30)39(44)50-34-23-24-36(35(41)27-34)51-40(45)29-17-21-31(22-18-29)47-26-10-14-33(12-6-2)49-38(43)8-4/h7-8,15-24,27,32-33H,3-6,9-14,25-26H2,1-2H3. The van der Waals surface area contributed by atoms with Gasteiger partial charge in [0.15, 0.2) is 11.6 Å². The van der Waals surface area contributed by atoms with Crippen molar-refractivity contribution < 1.29 is 52.0 Å². The summed E-state index contributed by atoms with van der Waals surface area (Å²) in [4.78, 5) is 48.3. The highest BCUT2D eigenvalue weighted by molar-refractivity contribution is 5.92. The molecular weight excluding hydrogens is 659 g/mol. The van der Waals surface area contributed by atoms with Crippen LogP contribution in [-0.2, 0) is 19.1 Å². The van der Waals surface area contributed by atoms with Crippen molar-refractivity contribution in [3.05, 3.63) is 109 Å². The molecule has 0 bridgehead atoms. The summed E-state index contributed by atoms with van der Waals surface area (Å²) >= 11 is 0. The first kappa shape index (κ1) is 40.0. The second-order valence-electron chi connectivity index (χ2n) is 11.5. The van der Waals surface area contributed by atoms with Gasteiger partial charge >= 0.3 is 23.9 Å². The van der Waals surface area contributed by atoms with Gasteiger partial charge in [-0.1, -0.05) is 39.8 Å². The van der Waals surface area contributed by atoms with Gasteiger partial charge in [0.05, 0.1) is 24.3 Å². The number of carbonyl (C=O) groups excluding carboxylic acids is 4. The molecule has 51 heavy (non-hydrogen) atoms. The molecule has 0 aliphatic carbocycles. The van der Waals surface area contributed by atoms with Crippen LogP contribution in [0.5, 0.6) is 23.0 Å². The molecule has 10 nitrogen and oxygen atoms in total. The molecule has 3 aromatic rings. The van der Waals surface area contributed by atoms with Crippen LogP contribution in [0.3, 0.4) is 0 Å². The Kier molecular flexibility index (Phi) is 16.9. The Morgan fingerprint density at radius 2 is 1.06 bits per heavy atom.